The Bertz CT molecular complexity index is 662. The number of amides is 1. The smallest absolute Gasteiger partial charge is 0.412 e. The number of hydrogen-bond acceptors (Lipinski definition) is 3. The highest BCUT2D eigenvalue weighted by atomic mass is 35.5. The molecule has 1 amide bonds. The Labute approximate surface area is 123 Å². The van der Waals surface area contributed by atoms with E-state index in [2.05, 4.69) is 15.0 Å². The molecule has 2 aromatic rings. The van der Waals surface area contributed by atoms with Gasteiger partial charge in [0.15, 0.2) is 5.82 Å². The average Bonchev–Trinajstić information content (AvgIpc) is 2.78. The third-order valence-electron chi connectivity index (χ3n) is 2.30. The first kappa shape index (κ1) is 14.0. The summed E-state index contributed by atoms with van der Waals surface area (Å²) in [5, 5.41) is 2.69. The van der Waals surface area contributed by atoms with Gasteiger partial charge in [-0.2, -0.15) is 0 Å². The molecule has 2 aromatic heterocycles. The summed E-state index contributed by atoms with van der Waals surface area (Å²) < 4.78 is 6.17. The lowest BCUT2D eigenvalue weighted by Gasteiger charge is -2.00. The molecule has 2 rings (SSSR count). The number of nitrogens with zero attached hydrogens (tertiary/aromatic N) is 2. The fourth-order valence-corrected chi connectivity index (χ4v) is 1.78. The molecule has 0 bridgehead atoms. The number of rotatable bonds is 2. The quantitative estimate of drug-likeness (QED) is 0.914. The molecular formula is C11H8Cl3N3O2. The van der Waals surface area contributed by atoms with Crippen LogP contribution < -0.4 is 5.32 Å². The summed E-state index contributed by atoms with van der Waals surface area (Å²) in [5.74, 6) is 0.362. The van der Waals surface area contributed by atoms with Gasteiger partial charge in [-0.1, -0.05) is 34.8 Å². The Morgan fingerprint density at radius 1 is 1.42 bits per heavy atom. The molecule has 8 heteroatoms. The highest BCUT2D eigenvalue weighted by molar-refractivity contribution is 6.66. The Hall–Kier alpha value is -1.43. The average molecular weight is 321 g/mol. The van der Waals surface area contributed by atoms with Gasteiger partial charge in [-0.3, -0.25) is 5.32 Å². The largest absolute Gasteiger partial charge is 0.453 e. The molecule has 0 aliphatic heterocycles. The van der Waals surface area contributed by atoms with E-state index in [1.54, 1.807) is 28.9 Å². The first-order valence-corrected chi connectivity index (χ1v) is 6.19. The van der Waals surface area contributed by atoms with Gasteiger partial charge in [0.2, 0.25) is 0 Å². The number of carbonyl (C=O) groups is 1. The minimum absolute atomic E-state index is 0.0227. The van der Waals surface area contributed by atoms with E-state index < -0.39 is 6.09 Å². The molecule has 0 saturated heterocycles. The number of aromatic nitrogens is 2. The van der Waals surface area contributed by atoms with Gasteiger partial charge < -0.3 is 9.14 Å². The molecule has 0 atom stereocenters. The maximum absolute atomic E-state index is 11.1. The SMILES string of the molecule is COC(=O)Nc1cn2ccc(C(Cl)=C(Cl)Cl)cc2n1. The van der Waals surface area contributed by atoms with Gasteiger partial charge in [-0.05, 0) is 12.1 Å². The van der Waals surface area contributed by atoms with Crippen LogP contribution in [0.2, 0.25) is 0 Å². The summed E-state index contributed by atoms with van der Waals surface area (Å²) in [6.07, 6.45) is 2.76. The topological polar surface area (TPSA) is 55.6 Å². The molecule has 0 radical (unpaired) electrons. The van der Waals surface area contributed by atoms with E-state index in [1.165, 1.54) is 7.11 Å². The van der Waals surface area contributed by atoms with Crippen molar-refractivity contribution in [2.75, 3.05) is 12.4 Å². The van der Waals surface area contributed by atoms with Crippen LogP contribution in [0, 0.1) is 0 Å². The van der Waals surface area contributed by atoms with Gasteiger partial charge in [0.25, 0.3) is 0 Å². The maximum atomic E-state index is 11.1. The van der Waals surface area contributed by atoms with E-state index in [1.807, 2.05) is 0 Å². The van der Waals surface area contributed by atoms with E-state index in [0.717, 1.165) is 0 Å². The molecule has 0 unspecified atom stereocenters. The predicted octanol–water partition coefficient (Wildman–Crippen LogP) is 3.86. The van der Waals surface area contributed by atoms with Crippen LogP contribution in [0.3, 0.4) is 0 Å². The van der Waals surface area contributed by atoms with Gasteiger partial charge in [0, 0.05) is 11.8 Å². The highest BCUT2D eigenvalue weighted by Crippen LogP contribution is 2.28. The van der Waals surface area contributed by atoms with Crippen LogP contribution in [-0.4, -0.2) is 22.6 Å². The van der Waals surface area contributed by atoms with Crippen LogP contribution in [-0.2, 0) is 4.74 Å². The van der Waals surface area contributed by atoms with E-state index in [-0.39, 0.29) is 9.52 Å². The molecule has 19 heavy (non-hydrogen) atoms. The van der Waals surface area contributed by atoms with E-state index >= 15 is 0 Å². The van der Waals surface area contributed by atoms with Crippen molar-refractivity contribution in [1.82, 2.24) is 9.38 Å². The van der Waals surface area contributed by atoms with E-state index in [0.29, 0.717) is 17.0 Å². The predicted molar refractivity (Wildman–Crippen MR) is 75.7 cm³/mol. The van der Waals surface area contributed by atoms with Crippen LogP contribution in [0.4, 0.5) is 10.6 Å². The number of anilines is 1. The summed E-state index contributed by atoms with van der Waals surface area (Å²) in [5.41, 5.74) is 1.21. The molecule has 2 heterocycles. The number of halogens is 3. The summed E-state index contributed by atoms with van der Waals surface area (Å²) in [4.78, 5) is 15.3. The molecule has 5 nitrogen and oxygen atoms in total. The Balaban J connectivity index is 2.39. The van der Waals surface area contributed by atoms with Crippen molar-refractivity contribution in [3.63, 3.8) is 0 Å². The molecule has 0 fully saturated rings. The number of carbonyl (C=O) groups excluding carboxylic acids is 1. The molecule has 100 valence electrons. The number of nitrogens with one attached hydrogen (secondary N) is 1. The zero-order valence-electron chi connectivity index (χ0n) is 9.65. The van der Waals surface area contributed by atoms with Crippen molar-refractivity contribution in [2.45, 2.75) is 0 Å². The van der Waals surface area contributed by atoms with Crippen LogP contribution in [0.15, 0.2) is 29.0 Å². The maximum Gasteiger partial charge on any atom is 0.412 e. The lowest BCUT2D eigenvalue weighted by molar-refractivity contribution is 0.187. The highest BCUT2D eigenvalue weighted by Gasteiger charge is 2.08. The second-order valence-corrected chi connectivity index (χ2v) is 4.83. The van der Waals surface area contributed by atoms with E-state index in [9.17, 15) is 4.79 Å². The molecule has 0 aliphatic carbocycles. The fraction of sp³-hybridized carbons (Fsp3) is 0.0909. The van der Waals surface area contributed by atoms with Crippen LogP contribution >= 0.6 is 34.8 Å². The van der Waals surface area contributed by atoms with Crippen LogP contribution in [0.1, 0.15) is 5.56 Å². The lowest BCUT2D eigenvalue weighted by atomic mass is 10.2. The second-order valence-electron chi connectivity index (χ2n) is 3.50. The monoisotopic (exact) mass is 319 g/mol. The number of ether oxygens (including phenoxy) is 1. The van der Waals surface area contributed by atoms with Crippen molar-refractivity contribution in [3.05, 3.63) is 34.6 Å². The van der Waals surface area contributed by atoms with Gasteiger partial charge in [0.1, 0.15) is 10.1 Å². The van der Waals surface area contributed by atoms with Crippen molar-refractivity contribution >= 4 is 57.4 Å². The number of imidazole rings is 1. The second kappa shape index (κ2) is 5.69. The zero-order chi connectivity index (χ0) is 14.0. The minimum atomic E-state index is -0.592. The Kier molecular flexibility index (Phi) is 4.19. The summed E-state index contributed by atoms with van der Waals surface area (Å²) in [7, 11) is 1.27. The normalized spacial score (nSPS) is 10.3. The summed E-state index contributed by atoms with van der Waals surface area (Å²) >= 11 is 17.2. The molecule has 0 spiro atoms. The third-order valence-corrected chi connectivity index (χ3v) is 3.27. The van der Waals surface area contributed by atoms with Crippen LogP contribution in [0.5, 0.6) is 0 Å². The molecule has 0 aliphatic rings. The number of hydrogen-bond donors (Lipinski definition) is 1. The molecule has 0 aromatic carbocycles. The van der Waals surface area contributed by atoms with E-state index in [4.69, 9.17) is 34.8 Å². The minimum Gasteiger partial charge on any atom is -0.453 e. The van der Waals surface area contributed by atoms with Gasteiger partial charge >= 0.3 is 6.09 Å². The fourth-order valence-electron chi connectivity index (χ4n) is 1.44. The van der Waals surface area contributed by atoms with Crippen molar-refractivity contribution in [1.29, 1.82) is 0 Å². The summed E-state index contributed by atoms with van der Waals surface area (Å²) in [6.45, 7) is 0. The Morgan fingerprint density at radius 3 is 2.79 bits per heavy atom. The van der Waals surface area contributed by atoms with Gasteiger partial charge in [0.05, 0.1) is 18.3 Å². The molecular weight excluding hydrogens is 312 g/mol. The van der Waals surface area contributed by atoms with Crippen molar-refractivity contribution < 1.29 is 9.53 Å². The van der Waals surface area contributed by atoms with Crippen LogP contribution in [0.25, 0.3) is 10.7 Å². The molecule has 1 N–H and O–H groups in total. The summed E-state index contributed by atoms with van der Waals surface area (Å²) in [6, 6.07) is 3.42. The van der Waals surface area contributed by atoms with Crippen molar-refractivity contribution in [3.8, 4) is 0 Å². The number of methoxy groups -OCH3 is 1. The standard InChI is InChI=1S/C11H8Cl3N3O2/c1-19-11(18)16-7-5-17-3-2-6(4-8(17)15-7)9(12)10(13)14/h2-5H,1H3,(H,16,18). The Morgan fingerprint density at radius 2 is 2.16 bits per heavy atom. The first-order chi connectivity index (χ1) is 9.01. The van der Waals surface area contributed by atoms with Gasteiger partial charge in [-0.25, -0.2) is 9.78 Å². The van der Waals surface area contributed by atoms with Gasteiger partial charge in [-0.15, -0.1) is 0 Å². The van der Waals surface area contributed by atoms with Crippen molar-refractivity contribution in [2.24, 2.45) is 0 Å². The lowest BCUT2D eigenvalue weighted by Crippen LogP contribution is -2.10. The first-order valence-electron chi connectivity index (χ1n) is 5.06. The zero-order valence-corrected chi connectivity index (χ0v) is 11.9. The number of fused-ring (bicyclic) bond motifs is 1. The molecule has 0 saturated carbocycles. The number of pyridine rings is 1. The third kappa shape index (κ3) is 3.12.